The highest BCUT2D eigenvalue weighted by Crippen LogP contribution is 2.61. The highest BCUT2D eigenvalue weighted by atomic mass is 19.4. The molecule has 3 atom stereocenters. The lowest BCUT2D eigenvalue weighted by Crippen LogP contribution is -2.53. The van der Waals surface area contributed by atoms with E-state index in [1.165, 1.54) is 18.2 Å². The van der Waals surface area contributed by atoms with Crippen LogP contribution < -0.4 is 28.9 Å². The molecule has 3 amide bonds. The molecule has 0 radical (unpaired) electrons. The number of aromatic carboxylic acids is 2. The summed E-state index contributed by atoms with van der Waals surface area (Å²) in [4.78, 5) is 101. The third-order valence-electron chi connectivity index (χ3n) is 27.7. The van der Waals surface area contributed by atoms with Crippen molar-refractivity contribution >= 4 is 48.1 Å². The van der Waals surface area contributed by atoms with Crippen LogP contribution in [0.2, 0.25) is 0 Å². The first-order valence-electron chi connectivity index (χ1n) is 46.4. The highest BCUT2D eigenvalue weighted by molar-refractivity contribution is 5.91. The molecule has 12 aromatic rings. The molecule has 39 heteroatoms. The second-order valence-corrected chi connectivity index (χ2v) is 37.9. The van der Waals surface area contributed by atoms with Gasteiger partial charge in [0.25, 0.3) is 0 Å². The molecule has 4 saturated heterocycles. The minimum Gasteiger partial charge on any atom is -0.496 e. The van der Waals surface area contributed by atoms with Crippen molar-refractivity contribution in [3.05, 3.63) is 283 Å². The van der Waals surface area contributed by atoms with Gasteiger partial charge in [0.1, 0.15) is 23.4 Å². The normalized spacial score (nSPS) is 17.4. The van der Waals surface area contributed by atoms with Crippen LogP contribution in [0.25, 0.3) is 66.8 Å². The Hall–Kier alpha value is -15.2. The van der Waals surface area contributed by atoms with Crippen LogP contribution in [-0.2, 0) is 65.2 Å². The van der Waals surface area contributed by atoms with Crippen molar-refractivity contribution < 1.29 is 125 Å². The summed E-state index contributed by atoms with van der Waals surface area (Å²) < 4.78 is 213. The van der Waals surface area contributed by atoms with E-state index in [1.54, 1.807) is 166 Å². The summed E-state index contributed by atoms with van der Waals surface area (Å²) >= 11 is 0. The van der Waals surface area contributed by atoms with E-state index < -0.39 is 124 Å². The number of hydrogen-bond acceptors (Lipinski definition) is 21. The summed E-state index contributed by atoms with van der Waals surface area (Å²) in [5.41, 5.74) is 6.79. The molecule has 3 spiro atoms. The molecule has 0 unspecified atom stereocenters. The van der Waals surface area contributed by atoms with E-state index in [1.807, 2.05) is 69.3 Å². The summed E-state index contributed by atoms with van der Waals surface area (Å²) in [6, 6.07) is 40.8. The van der Waals surface area contributed by atoms with Crippen molar-refractivity contribution in [1.29, 1.82) is 0 Å². The van der Waals surface area contributed by atoms with E-state index in [9.17, 15) is 96.4 Å². The maximum Gasteiger partial charge on any atom is 0.416 e. The Labute approximate surface area is 829 Å². The lowest BCUT2D eigenvalue weighted by molar-refractivity contribution is -0.143. The number of carbonyl (C=O) groups excluding carboxylic acids is 3. The monoisotopic (exact) mass is 2020 g/mol. The van der Waals surface area contributed by atoms with Crippen LogP contribution >= 0.6 is 0 Å². The smallest absolute Gasteiger partial charge is 0.416 e. The molecule has 7 fully saturated rings. The number of aromatic nitrogens is 6. The molecule has 146 heavy (non-hydrogen) atoms. The van der Waals surface area contributed by atoms with Gasteiger partial charge in [-0.15, -0.1) is 0 Å². The maximum absolute atomic E-state index is 13.9. The van der Waals surface area contributed by atoms with Crippen LogP contribution in [0.3, 0.4) is 0 Å². The topological polar surface area (TPSA) is 298 Å². The molecule has 3 aliphatic carbocycles. The summed E-state index contributed by atoms with van der Waals surface area (Å²) in [5.74, 6) is 0.453. The van der Waals surface area contributed by atoms with Crippen LogP contribution in [0, 0.1) is 34.6 Å². The molecule has 9 aromatic carbocycles. The number of aliphatic hydroxyl groups excluding tert-OH is 1. The first-order chi connectivity index (χ1) is 69.0. The maximum atomic E-state index is 13.9. The number of cyclic esters (lactones) is 3. The van der Waals surface area contributed by atoms with E-state index >= 15 is 0 Å². The van der Waals surface area contributed by atoms with Crippen molar-refractivity contribution in [2.75, 3.05) is 77.3 Å². The molecule has 3 aromatic heterocycles. The van der Waals surface area contributed by atoms with Crippen LogP contribution in [0.5, 0.6) is 17.2 Å². The van der Waals surface area contributed by atoms with Gasteiger partial charge in [-0.1, -0.05) is 71.8 Å². The standard InChI is InChI=1S/C37H33F7N4O4.2C35H33F3N4O5/c1-20-10-21(19-49)4-6-27(20)22-5-7-31(51-2)28(13-22)29-15-45-33(47-16-26(38)17-47)46-30(29)18-48-34(50)52-32(35(48)8-3-9-35)23-11-24(36(39,40)41)14-25(12-23)37(42,43)44;2*1-19-12-23(15-24(13-19)35(36,37)38)30-34(10-11-34)42(33(45)47-30)18-28-27(17-39-32(40-28)41(3)4)26-16-21(7-9-29(26)46-5)25-8-6-22(31(43)44)14-20(25)2/h4-7,10-15,26,32,49H,3,8-9,16-19H2,1-2H3;2*6-9,12-17,30H,10-11,18H2,1-5H3,(H,43,44)/t32-;2*30-/m110/s1. The zero-order chi connectivity index (χ0) is 105. The Bertz CT molecular complexity index is 6860. The molecule has 7 aliphatic rings. The number of alkyl halides is 13. The number of nitrogens with zero attached hydrogens (tertiary/aromatic N) is 12. The van der Waals surface area contributed by atoms with Gasteiger partial charge >= 0.3 is 54.9 Å². The first kappa shape index (κ1) is 102. The Morgan fingerprint density at radius 3 is 1.03 bits per heavy atom. The molecule has 762 valence electrons. The predicted octanol–water partition coefficient (Wildman–Crippen LogP) is 23.3. The van der Waals surface area contributed by atoms with Gasteiger partial charge in [-0.05, 0) is 255 Å². The molecular weight excluding hydrogens is 1920 g/mol. The van der Waals surface area contributed by atoms with Gasteiger partial charge in [0.05, 0.1) is 128 Å². The highest BCUT2D eigenvalue weighted by Gasteiger charge is 2.66. The van der Waals surface area contributed by atoms with Gasteiger partial charge in [-0.2, -0.15) is 52.7 Å². The number of methoxy groups -OCH3 is 3. The summed E-state index contributed by atoms with van der Waals surface area (Å²) in [5, 5.41) is 28.4. The van der Waals surface area contributed by atoms with Crippen LogP contribution in [0.4, 0.5) is 89.3 Å². The minimum atomic E-state index is -5.08. The van der Waals surface area contributed by atoms with Crippen LogP contribution in [0.1, 0.15) is 173 Å². The lowest BCUT2D eigenvalue weighted by Gasteiger charge is -2.46. The Morgan fingerprint density at radius 1 is 0.404 bits per heavy atom. The first-order valence-corrected chi connectivity index (χ1v) is 46.4. The number of hydrogen-bond donors (Lipinski definition) is 3. The fourth-order valence-corrected chi connectivity index (χ4v) is 19.9. The number of rotatable bonds is 24. The van der Waals surface area contributed by atoms with Crippen molar-refractivity contribution in [2.45, 2.75) is 172 Å². The zero-order valence-corrected chi connectivity index (χ0v) is 80.9. The molecule has 3 N–H and O–H groups in total. The minimum absolute atomic E-state index is 0.0195. The Morgan fingerprint density at radius 2 is 0.733 bits per heavy atom. The number of halogens is 13. The second kappa shape index (κ2) is 39.1. The largest absolute Gasteiger partial charge is 0.496 e. The average molecular weight is 2020 g/mol. The number of carboxylic acids is 2. The van der Waals surface area contributed by atoms with Gasteiger partial charge in [0.15, 0.2) is 18.3 Å². The number of aryl methyl sites for hydroxylation is 5. The number of carboxylic acid groups (broad SMARTS) is 2. The van der Waals surface area contributed by atoms with Crippen LogP contribution in [0.15, 0.2) is 182 Å². The number of amides is 3. The van der Waals surface area contributed by atoms with E-state index in [4.69, 9.17) is 43.4 Å². The van der Waals surface area contributed by atoms with Gasteiger partial charge in [0.2, 0.25) is 17.8 Å². The number of ether oxygens (including phenoxy) is 6. The van der Waals surface area contributed by atoms with E-state index in [0.717, 1.165) is 79.9 Å². The lowest BCUT2D eigenvalue weighted by atomic mass is 9.70. The number of carbonyl (C=O) groups is 5. The third-order valence-corrected chi connectivity index (χ3v) is 27.7. The number of anilines is 3. The van der Waals surface area contributed by atoms with E-state index in [-0.39, 0.29) is 75.3 Å². The fraction of sp³-hybridized carbons (Fsp3) is 0.336. The summed E-state index contributed by atoms with van der Waals surface area (Å²) in [6.07, 6.45) is -17.5. The summed E-state index contributed by atoms with van der Waals surface area (Å²) in [6.45, 7) is 8.53. The number of aliphatic hydroxyl groups is 1. The zero-order valence-electron chi connectivity index (χ0n) is 80.9. The fourth-order valence-electron chi connectivity index (χ4n) is 19.9. The quantitative estimate of drug-likeness (QED) is 0.0374. The molecule has 3 saturated carbocycles. The van der Waals surface area contributed by atoms with E-state index in [0.29, 0.717) is 146 Å². The van der Waals surface area contributed by atoms with Crippen molar-refractivity contribution in [1.82, 2.24) is 44.6 Å². The van der Waals surface area contributed by atoms with Crippen molar-refractivity contribution in [3.8, 4) is 84.0 Å². The Kier molecular flexibility index (Phi) is 27.4. The SMILES string of the molecule is COc1ccc(-c2ccc(C(=O)O)cc2C)cc1-c1cnc(N(C)C)nc1CN1C(=O)O[C@@H](c2cc(C)cc(C(F)(F)F)c2)C12CC2.COc1ccc(-c2ccc(C(=O)O)cc2C)cc1-c1cnc(N(C)C)nc1CN1C(=O)O[C@H](c2cc(C)cc(C(F)(F)F)c2)C12CC2.COc1ccc(-c2ccc(CO)cc2C)cc1-c1cnc(N2CC(F)C2)nc1CN1C(=O)O[C@H](c2cc(C(F)(F)F)cc(C(F)(F)F)c2)C12CCC2. The van der Waals surface area contributed by atoms with Gasteiger partial charge in [-0.3, -0.25) is 14.7 Å². The molecule has 19 rings (SSSR count). The number of benzene rings is 9. The van der Waals surface area contributed by atoms with Crippen molar-refractivity contribution in [3.63, 3.8) is 0 Å². The van der Waals surface area contributed by atoms with Gasteiger partial charge in [-0.25, -0.2) is 58.3 Å². The molecule has 4 aliphatic heterocycles. The predicted molar refractivity (Wildman–Crippen MR) is 512 cm³/mol. The second-order valence-electron chi connectivity index (χ2n) is 37.9. The molecule has 0 bridgehead atoms. The van der Waals surface area contributed by atoms with Crippen molar-refractivity contribution in [2.24, 2.45) is 0 Å². The average Bonchev–Trinajstić information content (AvgIpc) is 1.55. The van der Waals surface area contributed by atoms with Crippen LogP contribution in [-0.4, -0.2) is 176 Å². The third kappa shape index (κ3) is 20.1. The molecule has 7 heterocycles. The van der Waals surface area contributed by atoms with E-state index in [2.05, 4.69) is 15.0 Å². The summed E-state index contributed by atoms with van der Waals surface area (Å²) in [7, 11) is 11.7. The molecular formula is C107H99F13N12O14. The van der Waals surface area contributed by atoms with Gasteiger partial charge in [0, 0.05) is 80.2 Å². The van der Waals surface area contributed by atoms with Gasteiger partial charge < -0.3 is 58.4 Å². The Balaban J connectivity index is 0.000000150. The molecule has 26 nitrogen and oxygen atoms in total.